The highest BCUT2D eigenvalue weighted by Crippen LogP contribution is 2.34. The first-order valence-electron chi connectivity index (χ1n) is 12.5. The molecule has 0 radical (unpaired) electrons. The molecule has 0 bridgehead atoms. The number of ether oxygens (including phenoxy) is 1. The average Bonchev–Trinajstić information content (AvgIpc) is 2.86. The van der Waals surface area contributed by atoms with Gasteiger partial charge >= 0.3 is 6.03 Å². The summed E-state index contributed by atoms with van der Waals surface area (Å²) in [4.78, 5) is 14.4. The van der Waals surface area contributed by atoms with Crippen LogP contribution in [0.3, 0.4) is 0 Å². The lowest BCUT2D eigenvalue weighted by Crippen LogP contribution is -2.50. The Morgan fingerprint density at radius 3 is 2.57 bits per heavy atom. The summed E-state index contributed by atoms with van der Waals surface area (Å²) in [6, 6.07) is 13.1. The maximum absolute atomic E-state index is 13.6. The van der Waals surface area contributed by atoms with Gasteiger partial charge < -0.3 is 20.1 Å². The van der Waals surface area contributed by atoms with Crippen molar-refractivity contribution in [2.75, 3.05) is 32.1 Å². The quantitative estimate of drug-likeness (QED) is 0.553. The first-order valence-corrected chi connectivity index (χ1v) is 14.0. The molecule has 3 atom stereocenters. The lowest BCUT2D eigenvalue weighted by atomic mass is 10.0. The van der Waals surface area contributed by atoms with Crippen molar-refractivity contribution in [1.29, 1.82) is 0 Å². The molecule has 0 saturated carbocycles. The first-order chi connectivity index (χ1) is 17.5. The van der Waals surface area contributed by atoms with Gasteiger partial charge in [-0.1, -0.05) is 50.8 Å². The average molecular weight is 528 g/mol. The van der Waals surface area contributed by atoms with E-state index in [0.717, 1.165) is 6.42 Å². The third-order valence-electron chi connectivity index (χ3n) is 6.24. The maximum Gasteiger partial charge on any atom is 0.321 e. The minimum absolute atomic E-state index is 0.0236. The van der Waals surface area contributed by atoms with Crippen LogP contribution in [-0.4, -0.2) is 67.7 Å². The molecule has 0 spiro atoms. The molecule has 2 aromatic carbocycles. The molecular formula is C28H37N3O5S. The Bertz CT molecular complexity index is 1240. The Morgan fingerprint density at radius 2 is 1.92 bits per heavy atom. The number of likely N-dealkylation sites (N-methyl/N-ethyl adjacent to an activating group) is 1. The molecule has 3 rings (SSSR count). The highest BCUT2D eigenvalue weighted by Gasteiger charge is 2.38. The van der Waals surface area contributed by atoms with E-state index in [2.05, 4.69) is 31.0 Å². The smallest absolute Gasteiger partial charge is 0.321 e. The van der Waals surface area contributed by atoms with Gasteiger partial charge in [-0.3, -0.25) is 0 Å². The molecule has 1 aliphatic rings. The number of amides is 2. The van der Waals surface area contributed by atoms with Gasteiger partial charge in [-0.25, -0.2) is 13.2 Å². The summed E-state index contributed by atoms with van der Waals surface area (Å²) in [6.07, 6.45) is 0.215. The number of urea groups is 1. The number of carbonyl (C=O) groups is 1. The predicted octanol–water partition coefficient (Wildman–Crippen LogP) is 4.02. The summed E-state index contributed by atoms with van der Waals surface area (Å²) < 4.78 is 34.9. The van der Waals surface area contributed by atoms with Crippen molar-refractivity contribution < 1.29 is 23.1 Å². The van der Waals surface area contributed by atoms with Crippen molar-refractivity contribution in [3.8, 4) is 17.6 Å². The zero-order valence-electron chi connectivity index (χ0n) is 22.1. The van der Waals surface area contributed by atoms with Gasteiger partial charge in [-0.2, -0.15) is 4.31 Å². The fraction of sp³-hybridized carbons (Fsp3) is 0.464. The van der Waals surface area contributed by atoms with Crippen molar-refractivity contribution >= 4 is 21.7 Å². The van der Waals surface area contributed by atoms with Crippen LogP contribution in [0, 0.1) is 23.7 Å². The maximum atomic E-state index is 13.6. The van der Waals surface area contributed by atoms with Gasteiger partial charge in [-0.15, -0.1) is 0 Å². The summed E-state index contributed by atoms with van der Waals surface area (Å²) in [6.45, 7) is 7.77. The SMILES string of the molecule is CC(C)CC#Cc1ccc2c(c1)O[C@H](CN(C)C(=O)Nc1ccccc1)[C@H](C)CN([C@@H](C)CO)S2(=O)=O. The Balaban J connectivity index is 1.95. The monoisotopic (exact) mass is 527 g/mol. The lowest BCUT2D eigenvalue weighted by molar-refractivity contribution is 0.0830. The van der Waals surface area contributed by atoms with E-state index < -0.39 is 22.2 Å². The van der Waals surface area contributed by atoms with Gasteiger partial charge in [0.25, 0.3) is 0 Å². The third kappa shape index (κ3) is 7.25. The molecule has 37 heavy (non-hydrogen) atoms. The number of anilines is 1. The molecule has 2 N–H and O–H groups in total. The molecule has 2 aromatic rings. The molecule has 2 amide bonds. The van der Waals surface area contributed by atoms with E-state index in [1.165, 1.54) is 15.3 Å². The van der Waals surface area contributed by atoms with Crippen molar-refractivity contribution in [1.82, 2.24) is 9.21 Å². The highest BCUT2D eigenvalue weighted by atomic mass is 32.2. The van der Waals surface area contributed by atoms with Gasteiger partial charge in [0.15, 0.2) is 0 Å². The number of hydrogen-bond acceptors (Lipinski definition) is 5. The van der Waals surface area contributed by atoms with Crippen LogP contribution < -0.4 is 10.1 Å². The topological polar surface area (TPSA) is 99.2 Å². The number of benzene rings is 2. The van der Waals surface area contributed by atoms with Gasteiger partial charge in [0, 0.05) is 43.2 Å². The van der Waals surface area contributed by atoms with Crippen LogP contribution in [0.1, 0.15) is 39.7 Å². The van der Waals surface area contributed by atoms with Gasteiger partial charge in [0.2, 0.25) is 10.0 Å². The molecular weight excluding hydrogens is 490 g/mol. The van der Waals surface area contributed by atoms with Crippen LogP contribution in [0.25, 0.3) is 0 Å². The minimum atomic E-state index is -3.94. The molecule has 200 valence electrons. The van der Waals surface area contributed by atoms with Crippen LogP contribution in [0.5, 0.6) is 5.75 Å². The van der Waals surface area contributed by atoms with Gasteiger partial charge in [0.1, 0.15) is 16.7 Å². The second kappa shape index (κ2) is 12.5. The number of carbonyl (C=O) groups excluding carboxylic acids is 1. The Morgan fingerprint density at radius 1 is 1.22 bits per heavy atom. The van der Waals surface area contributed by atoms with Crippen LogP contribution >= 0.6 is 0 Å². The molecule has 8 nitrogen and oxygen atoms in total. The van der Waals surface area contributed by atoms with Gasteiger partial charge in [0.05, 0.1) is 13.2 Å². The summed E-state index contributed by atoms with van der Waals surface area (Å²) in [5.74, 6) is 6.55. The van der Waals surface area contributed by atoms with Crippen LogP contribution in [0.4, 0.5) is 10.5 Å². The van der Waals surface area contributed by atoms with Crippen LogP contribution in [-0.2, 0) is 10.0 Å². The van der Waals surface area contributed by atoms with E-state index in [0.29, 0.717) is 17.2 Å². The fourth-order valence-electron chi connectivity index (χ4n) is 3.97. The van der Waals surface area contributed by atoms with E-state index in [1.807, 2.05) is 25.1 Å². The summed E-state index contributed by atoms with van der Waals surface area (Å²) in [5, 5.41) is 12.7. The molecule has 0 aromatic heterocycles. The van der Waals surface area contributed by atoms with Crippen molar-refractivity contribution in [3.05, 3.63) is 54.1 Å². The number of rotatable bonds is 6. The normalized spacial score (nSPS) is 19.9. The van der Waals surface area contributed by atoms with E-state index in [1.54, 1.807) is 38.2 Å². The number of nitrogens with one attached hydrogen (secondary N) is 1. The second-order valence-electron chi connectivity index (χ2n) is 9.98. The largest absolute Gasteiger partial charge is 0.487 e. The Kier molecular flexibility index (Phi) is 9.60. The zero-order chi connectivity index (χ0) is 27.2. The lowest BCUT2D eigenvalue weighted by Gasteiger charge is -2.37. The van der Waals surface area contributed by atoms with Crippen molar-refractivity contribution in [2.24, 2.45) is 11.8 Å². The summed E-state index contributed by atoms with van der Waals surface area (Å²) >= 11 is 0. The fourth-order valence-corrected chi connectivity index (χ4v) is 5.80. The number of hydrogen-bond donors (Lipinski definition) is 2. The van der Waals surface area contributed by atoms with E-state index in [4.69, 9.17) is 4.74 Å². The summed E-state index contributed by atoms with van der Waals surface area (Å²) in [7, 11) is -2.27. The molecule has 0 unspecified atom stereocenters. The first kappa shape index (κ1) is 28.5. The molecule has 9 heteroatoms. The van der Waals surface area contributed by atoms with E-state index in [9.17, 15) is 18.3 Å². The van der Waals surface area contributed by atoms with E-state index >= 15 is 0 Å². The number of aliphatic hydroxyl groups excluding tert-OH is 1. The minimum Gasteiger partial charge on any atom is -0.487 e. The summed E-state index contributed by atoms with van der Waals surface area (Å²) in [5.41, 5.74) is 1.33. The Labute approximate surface area is 220 Å². The second-order valence-corrected chi connectivity index (χ2v) is 11.8. The standard InChI is InChI=1S/C28H37N3O5S/c1-20(2)10-9-11-23-14-15-27-25(16-23)36-26(21(3)17-31(22(4)19-32)37(27,34)35)18-30(5)28(33)29-24-12-7-6-8-13-24/h6-8,12-16,20-22,26,32H,10,17-19H2,1-5H3,(H,29,33)/t21-,22+,26-/m1/s1. The Hall–Kier alpha value is -3.06. The number of fused-ring (bicyclic) bond motifs is 1. The van der Waals surface area contributed by atoms with Gasteiger partial charge in [-0.05, 0) is 43.2 Å². The van der Waals surface area contributed by atoms with Crippen LogP contribution in [0.15, 0.2) is 53.4 Å². The molecule has 0 aliphatic carbocycles. The van der Waals surface area contributed by atoms with E-state index in [-0.39, 0.29) is 42.3 Å². The molecule has 0 saturated heterocycles. The van der Waals surface area contributed by atoms with Crippen LogP contribution in [0.2, 0.25) is 0 Å². The van der Waals surface area contributed by atoms with Crippen molar-refractivity contribution in [2.45, 2.75) is 51.2 Å². The van der Waals surface area contributed by atoms with Crippen molar-refractivity contribution in [3.63, 3.8) is 0 Å². The molecule has 1 aliphatic heterocycles. The zero-order valence-corrected chi connectivity index (χ0v) is 23.0. The molecule has 0 fully saturated rings. The number of para-hydroxylation sites is 1. The predicted molar refractivity (Wildman–Crippen MR) is 145 cm³/mol. The number of nitrogens with zero attached hydrogens (tertiary/aromatic N) is 2. The third-order valence-corrected chi connectivity index (χ3v) is 8.26. The molecule has 1 heterocycles. The number of aliphatic hydroxyl groups is 1. The number of sulfonamides is 1. The highest BCUT2D eigenvalue weighted by molar-refractivity contribution is 7.89.